The number of hydrogen-bond donors (Lipinski definition) is 0. The molecule has 2 rings (SSSR count). The molecule has 0 aliphatic heterocycles. The largest absolute Gasteiger partial charge is 0.494 e. The summed E-state index contributed by atoms with van der Waals surface area (Å²) in [7, 11) is 1.65. The molecule has 0 fully saturated rings. The van der Waals surface area contributed by atoms with Gasteiger partial charge in [0.05, 0.1) is 6.61 Å². The van der Waals surface area contributed by atoms with Gasteiger partial charge in [-0.1, -0.05) is 23.7 Å². The highest BCUT2D eigenvalue weighted by molar-refractivity contribution is 6.29. The average Bonchev–Trinajstić information content (AvgIpc) is 2.37. The lowest BCUT2D eigenvalue weighted by Gasteiger charge is -2.07. The molecule has 0 atom stereocenters. The maximum absolute atomic E-state index is 11.7. The smallest absolute Gasteiger partial charge is 0.252 e. The Morgan fingerprint density at radius 2 is 1.83 bits per heavy atom. The highest BCUT2D eigenvalue weighted by Crippen LogP contribution is 2.23. The Morgan fingerprint density at radius 3 is 2.39 bits per heavy atom. The van der Waals surface area contributed by atoms with Crippen LogP contribution in [0.1, 0.15) is 6.92 Å². The monoisotopic (exact) mass is 263 g/mol. The first-order valence-corrected chi connectivity index (χ1v) is 6.09. The maximum Gasteiger partial charge on any atom is 0.252 e. The molecule has 0 saturated heterocycles. The topological polar surface area (TPSA) is 31.2 Å². The molecule has 0 spiro atoms. The van der Waals surface area contributed by atoms with E-state index in [2.05, 4.69) is 0 Å². The second-order valence-electron chi connectivity index (χ2n) is 3.92. The van der Waals surface area contributed by atoms with Crippen molar-refractivity contribution in [3.8, 4) is 16.9 Å². The SMILES string of the molecule is CCOc1ccc(-c2cc(Cl)n(C)c(=O)c2)cc1. The zero-order valence-electron chi connectivity index (χ0n) is 10.3. The number of halogens is 1. The van der Waals surface area contributed by atoms with Gasteiger partial charge in [0.15, 0.2) is 0 Å². The number of pyridine rings is 1. The van der Waals surface area contributed by atoms with Crippen LogP contribution < -0.4 is 10.3 Å². The molecular weight excluding hydrogens is 250 g/mol. The van der Waals surface area contributed by atoms with E-state index in [4.69, 9.17) is 16.3 Å². The van der Waals surface area contributed by atoms with Gasteiger partial charge < -0.3 is 9.30 Å². The van der Waals surface area contributed by atoms with E-state index in [9.17, 15) is 4.79 Å². The molecule has 18 heavy (non-hydrogen) atoms. The van der Waals surface area contributed by atoms with Crippen LogP contribution in [0.2, 0.25) is 5.15 Å². The Labute approximate surface area is 111 Å². The summed E-state index contributed by atoms with van der Waals surface area (Å²) >= 11 is 5.99. The summed E-state index contributed by atoms with van der Waals surface area (Å²) in [4.78, 5) is 11.7. The quantitative estimate of drug-likeness (QED) is 0.797. The zero-order valence-corrected chi connectivity index (χ0v) is 11.1. The molecule has 2 aromatic rings. The highest BCUT2D eigenvalue weighted by atomic mass is 35.5. The Bertz CT molecular complexity index is 602. The zero-order chi connectivity index (χ0) is 13.1. The van der Waals surface area contributed by atoms with E-state index in [0.717, 1.165) is 16.9 Å². The molecular formula is C14H14ClNO2. The van der Waals surface area contributed by atoms with Gasteiger partial charge in [0.25, 0.3) is 5.56 Å². The number of rotatable bonds is 3. The van der Waals surface area contributed by atoms with Crippen LogP contribution in [0.3, 0.4) is 0 Å². The van der Waals surface area contributed by atoms with Crippen molar-refractivity contribution in [3.05, 3.63) is 51.9 Å². The number of aromatic nitrogens is 1. The molecule has 0 aliphatic rings. The minimum absolute atomic E-state index is 0.119. The van der Waals surface area contributed by atoms with Gasteiger partial charge in [-0.3, -0.25) is 4.79 Å². The summed E-state index contributed by atoms with van der Waals surface area (Å²) < 4.78 is 6.77. The molecule has 4 heteroatoms. The van der Waals surface area contributed by atoms with E-state index in [-0.39, 0.29) is 5.56 Å². The average molecular weight is 264 g/mol. The Balaban J connectivity index is 2.40. The molecule has 0 unspecified atom stereocenters. The van der Waals surface area contributed by atoms with Crippen LogP contribution in [0.4, 0.5) is 0 Å². The number of benzene rings is 1. The van der Waals surface area contributed by atoms with E-state index >= 15 is 0 Å². The number of ether oxygens (including phenoxy) is 1. The summed E-state index contributed by atoms with van der Waals surface area (Å²) in [6, 6.07) is 10.9. The fourth-order valence-electron chi connectivity index (χ4n) is 1.68. The third-order valence-electron chi connectivity index (χ3n) is 2.70. The van der Waals surface area contributed by atoms with Crippen molar-refractivity contribution in [1.29, 1.82) is 0 Å². The Morgan fingerprint density at radius 1 is 1.17 bits per heavy atom. The van der Waals surface area contributed by atoms with Gasteiger partial charge in [-0.25, -0.2) is 0 Å². The molecule has 0 bridgehead atoms. The van der Waals surface area contributed by atoms with Gasteiger partial charge in [0, 0.05) is 13.1 Å². The van der Waals surface area contributed by atoms with Crippen LogP contribution >= 0.6 is 11.6 Å². The van der Waals surface area contributed by atoms with Gasteiger partial charge >= 0.3 is 0 Å². The predicted molar refractivity (Wildman–Crippen MR) is 73.3 cm³/mol. The molecule has 0 radical (unpaired) electrons. The fraction of sp³-hybridized carbons (Fsp3) is 0.214. The highest BCUT2D eigenvalue weighted by Gasteiger charge is 2.04. The summed E-state index contributed by atoms with van der Waals surface area (Å²) in [6.07, 6.45) is 0. The number of hydrogen-bond acceptors (Lipinski definition) is 2. The van der Waals surface area contributed by atoms with Crippen LogP contribution in [0.5, 0.6) is 5.75 Å². The van der Waals surface area contributed by atoms with Crippen molar-refractivity contribution in [2.45, 2.75) is 6.92 Å². The van der Waals surface area contributed by atoms with Gasteiger partial charge in [-0.15, -0.1) is 0 Å². The van der Waals surface area contributed by atoms with Crippen LogP contribution in [-0.2, 0) is 7.05 Å². The number of nitrogens with zero attached hydrogens (tertiary/aromatic N) is 1. The second-order valence-corrected chi connectivity index (χ2v) is 4.31. The van der Waals surface area contributed by atoms with Crippen molar-refractivity contribution in [3.63, 3.8) is 0 Å². The molecule has 94 valence electrons. The summed E-state index contributed by atoms with van der Waals surface area (Å²) in [5.41, 5.74) is 1.63. The second kappa shape index (κ2) is 5.27. The van der Waals surface area contributed by atoms with E-state index in [1.54, 1.807) is 19.2 Å². The minimum atomic E-state index is -0.119. The van der Waals surface area contributed by atoms with Crippen LogP contribution in [-0.4, -0.2) is 11.2 Å². The summed E-state index contributed by atoms with van der Waals surface area (Å²) in [5.74, 6) is 0.816. The van der Waals surface area contributed by atoms with Gasteiger partial charge in [-0.05, 0) is 36.2 Å². The van der Waals surface area contributed by atoms with Gasteiger partial charge in [0.1, 0.15) is 10.9 Å². The van der Waals surface area contributed by atoms with E-state index < -0.39 is 0 Å². The third kappa shape index (κ3) is 2.57. The van der Waals surface area contributed by atoms with Crippen molar-refractivity contribution >= 4 is 11.6 Å². The van der Waals surface area contributed by atoms with Gasteiger partial charge in [-0.2, -0.15) is 0 Å². The van der Waals surface area contributed by atoms with Crippen LogP contribution in [0.25, 0.3) is 11.1 Å². The predicted octanol–water partition coefficient (Wildman–Crippen LogP) is 3.10. The maximum atomic E-state index is 11.7. The molecule has 0 amide bonds. The minimum Gasteiger partial charge on any atom is -0.494 e. The fourth-order valence-corrected chi connectivity index (χ4v) is 1.88. The van der Waals surface area contributed by atoms with Crippen LogP contribution in [0.15, 0.2) is 41.2 Å². The van der Waals surface area contributed by atoms with Crippen molar-refractivity contribution in [1.82, 2.24) is 4.57 Å². The lowest BCUT2D eigenvalue weighted by Crippen LogP contribution is -2.15. The lowest BCUT2D eigenvalue weighted by molar-refractivity contribution is 0.340. The van der Waals surface area contributed by atoms with E-state index in [0.29, 0.717) is 11.8 Å². The summed E-state index contributed by atoms with van der Waals surface area (Å²) in [5, 5.41) is 0.423. The molecule has 3 nitrogen and oxygen atoms in total. The molecule has 1 aromatic carbocycles. The standard InChI is InChI=1S/C14H14ClNO2/c1-3-18-12-6-4-10(5-7-12)11-8-13(15)16(2)14(17)9-11/h4-9H,3H2,1-2H3. The lowest BCUT2D eigenvalue weighted by atomic mass is 10.1. The first kappa shape index (κ1) is 12.7. The molecule has 0 N–H and O–H groups in total. The Kier molecular flexibility index (Phi) is 3.72. The van der Waals surface area contributed by atoms with Gasteiger partial charge in [0.2, 0.25) is 0 Å². The first-order valence-electron chi connectivity index (χ1n) is 5.71. The third-order valence-corrected chi connectivity index (χ3v) is 3.07. The van der Waals surface area contributed by atoms with Crippen molar-refractivity contribution in [2.75, 3.05) is 6.61 Å². The molecule has 1 aromatic heterocycles. The Hall–Kier alpha value is -1.74. The van der Waals surface area contributed by atoms with Crippen LogP contribution in [0, 0.1) is 0 Å². The molecule has 0 saturated carbocycles. The van der Waals surface area contributed by atoms with E-state index in [1.807, 2.05) is 31.2 Å². The molecule has 0 aliphatic carbocycles. The van der Waals surface area contributed by atoms with E-state index in [1.165, 1.54) is 4.57 Å². The first-order chi connectivity index (χ1) is 8.61. The molecule has 1 heterocycles. The summed E-state index contributed by atoms with van der Waals surface area (Å²) in [6.45, 7) is 2.58. The van der Waals surface area contributed by atoms with Crippen molar-refractivity contribution < 1.29 is 4.74 Å². The van der Waals surface area contributed by atoms with Crippen molar-refractivity contribution in [2.24, 2.45) is 7.05 Å². The normalized spacial score (nSPS) is 10.4.